The molecule has 7 rings (SSSR count). The third-order valence-corrected chi connectivity index (χ3v) is 9.89. The Balaban J connectivity index is 1.30. The molecule has 10 heteroatoms. The molecular weight excluding hydrogens is 597 g/mol. The second-order valence-electron chi connectivity index (χ2n) is 14.3. The zero-order valence-electron chi connectivity index (χ0n) is 28.3. The summed E-state index contributed by atoms with van der Waals surface area (Å²) in [5.74, 6) is -0.549. The minimum absolute atomic E-state index is 0.00874. The number of ether oxygens (including phenoxy) is 1. The molecule has 1 aliphatic carbocycles. The van der Waals surface area contributed by atoms with Crippen molar-refractivity contribution in [1.82, 2.24) is 24.1 Å². The zero-order valence-corrected chi connectivity index (χ0v) is 28.3. The highest BCUT2D eigenvalue weighted by atomic mass is 19.1. The van der Waals surface area contributed by atoms with Gasteiger partial charge in [0.1, 0.15) is 17.5 Å². The molecule has 3 aliphatic heterocycles. The normalized spacial score (nSPS) is 21.3. The van der Waals surface area contributed by atoms with Gasteiger partial charge < -0.3 is 18.9 Å². The van der Waals surface area contributed by atoms with E-state index in [0.717, 1.165) is 48.0 Å². The fourth-order valence-corrected chi connectivity index (χ4v) is 7.68. The first kappa shape index (κ1) is 32.7. The van der Waals surface area contributed by atoms with E-state index in [4.69, 9.17) is 4.74 Å². The van der Waals surface area contributed by atoms with Crippen molar-refractivity contribution in [2.45, 2.75) is 97.4 Å². The van der Waals surface area contributed by atoms with Crippen LogP contribution in [-0.2, 0) is 9.53 Å². The van der Waals surface area contributed by atoms with Gasteiger partial charge in [-0.3, -0.25) is 19.5 Å². The van der Waals surface area contributed by atoms with Crippen LogP contribution in [0.4, 0.5) is 9.18 Å². The van der Waals surface area contributed by atoms with Gasteiger partial charge >= 0.3 is 6.09 Å². The van der Waals surface area contributed by atoms with E-state index in [-0.39, 0.29) is 29.8 Å². The molecule has 0 spiro atoms. The summed E-state index contributed by atoms with van der Waals surface area (Å²) in [5, 5.41) is 0. The average molecular weight is 644 g/mol. The highest BCUT2D eigenvalue weighted by Crippen LogP contribution is 2.42. The van der Waals surface area contributed by atoms with E-state index < -0.39 is 23.6 Å². The number of nitrogens with zero attached hydrogens (tertiary/aromatic N) is 5. The van der Waals surface area contributed by atoms with Crippen molar-refractivity contribution in [2.75, 3.05) is 19.6 Å². The van der Waals surface area contributed by atoms with Crippen molar-refractivity contribution in [1.29, 1.82) is 0 Å². The molecular formula is C37H46FN5O4. The molecule has 1 aromatic carbocycles. The predicted molar refractivity (Wildman–Crippen MR) is 179 cm³/mol. The lowest BCUT2D eigenvalue weighted by molar-refractivity contribution is -0.145. The standard InChI is InChI=1S/C37H46FN5O4/c1-7-41(23(2)3)34(44)30-20-26(38)10-13-28(30)29-21-31(42-19-16-39-22-32(29)42)24-14-17-40(18-15-24)35(45)33-25-8-11-27(12-9-25)43(33)36(46)47-37(4,5)6/h10,13-14,16,19-23,25,27,33H,7-9,11-12,15,17-18H2,1-6H3/t25?,27?,33-/m1/s1. The summed E-state index contributed by atoms with van der Waals surface area (Å²) >= 11 is 0. The maximum Gasteiger partial charge on any atom is 0.411 e. The highest BCUT2D eigenvalue weighted by molar-refractivity contribution is 6.03. The number of hydrogen-bond donors (Lipinski definition) is 0. The Morgan fingerprint density at radius 3 is 2.47 bits per heavy atom. The van der Waals surface area contributed by atoms with Gasteiger partial charge in [-0.1, -0.05) is 12.1 Å². The molecule has 2 bridgehead atoms. The molecule has 2 aromatic heterocycles. The number of fused-ring (bicyclic) bond motifs is 4. The van der Waals surface area contributed by atoms with Gasteiger partial charge in [0.25, 0.3) is 5.91 Å². The topological polar surface area (TPSA) is 87.5 Å². The van der Waals surface area contributed by atoms with Crippen LogP contribution in [0, 0.1) is 11.7 Å². The summed E-state index contributed by atoms with van der Waals surface area (Å²) in [6, 6.07) is 5.93. The van der Waals surface area contributed by atoms with Crippen molar-refractivity contribution in [3.63, 3.8) is 0 Å². The summed E-state index contributed by atoms with van der Waals surface area (Å²) in [5.41, 5.74) is 3.94. The Kier molecular flexibility index (Phi) is 8.89. The number of hydrogen-bond acceptors (Lipinski definition) is 5. The van der Waals surface area contributed by atoms with Crippen LogP contribution in [0.5, 0.6) is 0 Å². The summed E-state index contributed by atoms with van der Waals surface area (Å²) in [6.07, 6.45) is 11.4. The fourth-order valence-electron chi connectivity index (χ4n) is 7.68. The first-order chi connectivity index (χ1) is 22.4. The van der Waals surface area contributed by atoms with Crippen LogP contribution in [0.1, 0.15) is 89.7 Å². The van der Waals surface area contributed by atoms with Crippen molar-refractivity contribution >= 4 is 29.0 Å². The first-order valence-electron chi connectivity index (χ1n) is 16.9. The molecule has 250 valence electrons. The maximum absolute atomic E-state index is 14.6. The molecule has 9 nitrogen and oxygen atoms in total. The minimum atomic E-state index is -0.635. The Morgan fingerprint density at radius 1 is 1.09 bits per heavy atom. The molecule has 1 atom stereocenters. The molecule has 1 saturated carbocycles. The number of halogens is 1. The van der Waals surface area contributed by atoms with Gasteiger partial charge in [0.05, 0.1) is 17.3 Å². The fraction of sp³-hybridized carbons (Fsp3) is 0.514. The zero-order chi connectivity index (χ0) is 33.6. The molecule has 2 saturated heterocycles. The molecule has 3 amide bonds. The number of piperidine rings is 2. The lowest BCUT2D eigenvalue weighted by Gasteiger charge is -2.51. The monoisotopic (exact) mass is 643 g/mol. The summed E-state index contributed by atoms with van der Waals surface area (Å²) in [4.78, 5) is 50.8. The van der Waals surface area contributed by atoms with E-state index in [1.54, 1.807) is 28.3 Å². The van der Waals surface area contributed by atoms with Crippen LogP contribution in [0.15, 0.2) is 48.9 Å². The second kappa shape index (κ2) is 12.8. The smallest absolute Gasteiger partial charge is 0.411 e. The number of benzene rings is 1. The largest absolute Gasteiger partial charge is 0.444 e. The van der Waals surface area contributed by atoms with E-state index in [0.29, 0.717) is 37.2 Å². The van der Waals surface area contributed by atoms with Crippen LogP contribution in [0.2, 0.25) is 0 Å². The summed E-state index contributed by atoms with van der Waals surface area (Å²) in [6.45, 7) is 12.9. The van der Waals surface area contributed by atoms with E-state index in [2.05, 4.69) is 11.1 Å². The van der Waals surface area contributed by atoms with Crippen LogP contribution in [0.3, 0.4) is 0 Å². The predicted octanol–water partition coefficient (Wildman–Crippen LogP) is 6.80. The molecule has 47 heavy (non-hydrogen) atoms. The Morgan fingerprint density at radius 2 is 1.83 bits per heavy atom. The van der Waals surface area contributed by atoms with E-state index in [1.165, 1.54) is 12.1 Å². The second-order valence-corrected chi connectivity index (χ2v) is 14.3. The van der Waals surface area contributed by atoms with Gasteiger partial charge in [-0.25, -0.2) is 9.18 Å². The van der Waals surface area contributed by atoms with Crippen molar-refractivity contribution in [2.24, 2.45) is 5.92 Å². The number of carbonyl (C=O) groups excluding carboxylic acids is 3. The molecule has 0 radical (unpaired) electrons. The van der Waals surface area contributed by atoms with Crippen LogP contribution in [0.25, 0.3) is 22.2 Å². The lowest BCUT2D eigenvalue weighted by Crippen LogP contribution is -2.63. The molecule has 3 fully saturated rings. The van der Waals surface area contributed by atoms with E-state index >= 15 is 0 Å². The molecule has 0 N–H and O–H groups in total. The minimum Gasteiger partial charge on any atom is -0.444 e. The number of carbonyl (C=O) groups is 3. The number of rotatable bonds is 6. The van der Waals surface area contributed by atoms with Gasteiger partial charge in [-0.15, -0.1) is 0 Å². The van der Waals surface area contributed by atoms with Gasteiger partial charge in [0.15, 0.2) is 0 Å². The third kappa shape index (κ3) is 6.26. The third-order valence-electron chi connectivity index (χ3n) is 9.89. The molecule has 4 aliphatic rings. The summed E-state index contributed by atoms with van der Waals surface area (Å²) < 4.78 is 22.4. The SMILES string of the molecule is CCN(C(=O)c1cc(F)ccc1-c1cc(C2=CCN(C(=O)[C@H]3C4CCC(CC4)N3C(=O)OC(C)(C)C)CC2)n2ccncc12)C(C)C. The molecule has 3 aromatic rings. The van der Waals surface area contributed by atoms with Gasteiger partial charge in [-0.2, -0.15) is 0 Å². The van der Waals surface area contributed by atoms with Gasteiger partial charge in [0, 0.05) is 55.4 Å². The van der Waals surface area contributed by atoms with Crippen LogP contribution < -0.4 is 0 Å². The number of amides is 3. The highest BCUT2D eigenvalue weighted by Gasteiger charge is 2.50. The first-order valence-corrected chi connectivity index (χ1v) is 16.9. The molecule has 5 heterocycles. The van der Waals surface area contributed by atoms with Gasteiger partial charge in [0.2, 0.25) is 5.91 Å². The quantitative estimate of drug-likeness (QED) is 0.295. The summed E-state index contributed by atoms with van der Waals surface area (Å²) in [7, 11) is 0. The number of aromatic nitrogens is 2. The Labute approximate surface area is 276 Å². The Bertz CT molecular complexity index is 1710. The van der Waals surface area contributed by atoms with Crippen molar-refractivity contribution in [3.05, 3.63) is 66.0 Å². The Hall–Kier alpha value is -4.21. The van der Waals surface area contributed by atoms with Crippen LogP contribution >= 0.6 is 0 Å². The average Bonchev–Trinajstić information content (AvgIpc) is 3.43. The van der Waals surface area contributed by atoms with Crippen LogP contribution in [-0.4, -0.2) is 85.4 Å². The lowest BCUT2D eigenvalue weighted by atomic mass is 9.74. The molecule has 0 unspecified atom stereocenters. The van der Waals surface area contributed by atoms with Gasteiger partial charge in [-0.05, 0) is 109 Å². The van der Waals surface area contributed by atoms with E-state index in [1.807, 2.05) is 63.1 Å². The maximum atomic E-state index is 14.6. The van der Waals surface area contributed by atoms with E-state index in [9.17, 15) is 18.8 Å². The van der Waals surface area contributed by atoms with Crippen molar-refractivity contribution in [3.8, 4) is 11.1 Å². The van der Waals surface area contributed by atoms with Crippen molar-refractivity contribution < 1.29 is 23.5 Å².